The first-order valence-electron chi connectivity index (χ1n) is 11.5. The number of para-hydroxylation sites is 1. The first kappa shape index (κ1) is 21.2. The summed E-state index contributed by atoms with van der Waals surface area (Å²) in [4.78, 5) is 0. The van der Waals surface area contributed by atoms with Crippen LogP contribution in [0.5, 0.6) is 5.75 Å². The molecule has 1 aliphatic heterocycles. The monoisotopic (exact) mass is 436 g/mol. The molecule has 0 amide bonds. The first-order valence-corrected chi connectivity index (χ1v) is 11.5. The summed E-state index contributed by atoms with van der Waals surface area (Å²) < 4.78 is 11.2. The minimum Gasteiger partial charge on any atom is -0.491 e. The molecule has 1 unspecified atom stereocenters. The standard InChI is InChI=1S/C29H28N2O2/c1-2-32-19-20-33-25-17-15-23(16-18-25)29-21-28(30-31(29)24-11-4-3-5-12-24)27-14-8-10-22-9-6-7-13-26(22)27/h3-18,29H,2,19-21H2,1H3. The van der Waals surface area contributed by atoms with Crippen LogP contribution in [0.4, 0.5) is 5.69 Å². The van der Waals surface area contributed by atoms with Crippen LogP contribution < -0.4 is 9.75 Å². The molecule has 166 valence electrons. The van der Waals surface area contributed by atoms with E-state index in [0.717, 1.165) is 23.6 Å². The van der Waals surface area contributed by atoms with E-state index >= 15 is 0 Å². The van der Waals surface area contributed by atoms with E-state index < -0.39 is 0 Å². The summed E-state index contributed by atoms with van der Waals surface area (Å²) in [5.74, 6) is 0.859. The average Bonchev–Trinajstić information content (AvgIpc) is 3.32. The van der Waals surface area contributed by atoms with Crippen LogP contribution in [0.2, 0.25) is 0 Å². The number of anilines is 1. The van der Waals surface area contributed by atoms with Gasteiger partial charge in [0.2, 0.25) is 0 Å². The lowest BCUT2D eigenvalue weighted by Gasteiger charge is -2.24. The van der Waals surface area contributed by atoms with E-state index in [-0.39, 0.29) is 6.04 Å². The molecular formula is C29H28N2O2. The third-order valence-electron chi connectivity index (χ3n) is 6.00. The molecule has 4 aromatic carbocycles. The van der Waals surface area contributed by atoms with Gasteiger partial charge in [-0.1, -0.05) is 72.8 Å². The maximum Gasteiger partial charge on any atom is 0.119 e. The fraction of sp³-hybridized carbons (Fsp3) is 0.207. The second kappa shape index (κ2) is 9.88. The Bertz CT molecular complexity index is 1230. The van der Waals surface area contributed by atoms with Gasteiger partial charge >= 0.3 is 0 Å². The van der Waals surface area contributed by atoms with Crippen molar-refractivity contribution in [2.45, 2.75) is 19.4 Å². The van der Waals surface area contributed by atoms with Crippen LogP contribution in [-0.4, -0.2) is 25.5 Å². The molecule has 33 heavy (non-hydrogen) atoms. The number of benzene rings is 4. The molecule has 0 spiro atoms. The Morgan fingerprint density at radius 3 is 2.39 bits per heavy atom. The Morgan fingerprint density at radius 1 is 0.818 bits per heavy atom. The van der Waals surface area contributed by atoms with Crippen molar-refractivity contribution >= 4 is 22.2 Å². The minimum atomic E-state index is 0.124. The largest absolute Gasteiger partial charge is 0.491 e. The third kappa shape index (κ3) is 4.62. The van der Waals surface area contributed by atoms with Gasteiger partial charge in [-0.2, -0.15) is 5.10 Å². The van der Waals surface area contributed by atoms with Gasteiger partial charge in [0, 0.05) is 18.6 Å². The maximum absolute atomic E-state index is 5.81. The molecule has 0 N–H and O–H groups in total. The van der Waals surface area contributed by atoms with Gasteiger partial charge in [0.15, 0.2) is 0 Å². The van der Waals surface area contributed by atoms with Crippen LogP contribution >= 0.6 is 0 Å². The van der Waals surface area contributed by atoms with Gasteiger partial charge in [-0.25, -0.2) is 0 Å². The molecule has 0 bridgehead atoms. The lowest BCUT2D eigenvalue weighted by atomic mass is 9.95. The fourth-order valence-corrected chi connectivity index (χ4v) is 4.38. The smallest absolute Gasteiger partial charge is 0.119 e. The molecule has 0 saturated heterocycles. The molecule has 0 fully saturated rings. The van der Waals surface area contributed by atoms with Crippen LogP contribution in [0.15, 0.2) is 102 Å². The van der Waals surface area contributed by atoms with E-state index in [1.54, 1.807) is 0 Å². The van der Waals surface area contributed by atoms with E-state index in [1.165, 1.54) is 21.9 Å². The Balaban J connectivity index is 1.45. The summed E-state index contributed by atoms with van der Waals surface area (Å²) in [6.07, 6.45) is 0.841. The molecule has 0 saturated carbocycles. The molecule has 1 atom stereocenters. The molecule has 1 aliphatic rings. The van der Waals surface area contributed by atoms with E-state index in [2.05, 4.69) is 83.9 Å². The molecule has 0 aliphatic carbocycles. The second-order valence-electron chi connectivity index (χ2n) is 8.09. The van der Waals surface area contributed by atoms with Crippen LogP contribution in [-0.2, 0) is 4.74 Å². The highest BCUT2D eigenvalue weighted by molar-refractivity contribution is 6.12. The summed E-state index contributed by atoms with van der Waals surface area (Å²) in [5.41, 5.74) is 4.62. The highest BCUT2D eigenvalue weighted by Crippen LogP contribution is 2.38. The van der Waals surface area contributed by atoms with Gasteiger partial charge in [0.25, 0.3) is 0 Å². The highest BCUT2D eigenvalue weighted by atomic mass is 16.5. The Hall–Kier alpha value is -3.63. The Morgan fingerprint density at radius 2 is 1.58 bits per heavy atom. The van der Waals surface area contributed by atoms with Gasteiger partial charge in [-0.15, -0.1) is 0 Å². The van der Waals surface area contributed by atoms with Crippen molar-refractivity contribution in [3.05, 3.63) is 108 Å². The zero-order chi connectivity index (χ0) is 22.5. The van der Waals surface area contributed by atoms with E-state index in [1.807, 2.05) is 25.1 Å². The predicted octanol–water partition coefficient (Wildman–Crippen LogP) is 6.61. The van der Waals surface area contributed by atoms with Gasteiger partial charge in [0.05, 0.1) is 24.0 Å². The number of rotatable bonds is 8. The van der Waals surface area contributed by atoms with Gasteiger partial charge in [0.1, 0.15) is 12.4 Å². The number of hydrogen-bond donors (Lipinski definition) is 0. The van der Waals surface area contributed by atoms with Gasteiger partial charge in [-0.05, 0) is 47.5 Å². The maximum atomic E-state index is 5.81. The zero-order valence-electron chi connectivity index (χ0n) is 18.9. The SMILES string of the molecule is CCOCCOc1ccc(C2CC(c3cccc4ccccc34)=NN2c2ccccc2)cc1. The fourth-order valence-electron chi connectivity index (χ4n) is 4.38. The molecule has 4 nitrogen and oxygen atoms in total. The van der Waals surface area contributed by atoms with Gasteiger partial charge < -0.3 is 9.47 Å². The lowest BCUT2D eigenvalue weighted by Crippen LogP contribution is -2.18. The number of ether oxygens (including phenoxy) is 2. The number of fused-ring (bicyclic) bond motifs is 1. The second-order valence-corrected chi connectivity index (χ2v) is 8.09. The first-order chi connectivity index (χ1) is 16.3. The van der Waals surface area contributed by atoms with Crippen LogP contribution in [0, 0.1) is 0 Å². The molecule has 1 heterocycles. The molecule has 0 radical (unpaired) electrons. The number of hydrazone groups is 1. The summed E-state index contributed by atoms with van der Waals surface area (Å²) in [6.45, 7) is 3.85. The van der Waals surface area contributed by atoms with Crippen molar-refractivity contribution in [2.75, 3.05) is 24.8 Å². The number of nitrogens with zero attached hydrogens (tertiary/aromatic N) is 2. The van der Waals surface area contributed by atoms with Crippen LogP contribution in [0.1, 0.15) is 30.5 Å². The minimum absolute atomic E-state index is 0.124. The van der Waals surface area contributed by atoms with E-state index in [9.17, 15) is 0 Å². The summed E-state index contributed by atoms with van der Waals surface area (Å²) in [6, 6.07) is 33.9. The van der Waals surface area contributed by atoms with Gasteiger partial charge in [-0.3, -0.25) is 5.01 Å². The average molecular weight is 437 g/mol. The highest BCUT2D eigenvalue weighted by Gasteiger charge is 2.30. The van der Waals surface area contributed by atoms with Crippen molar-refractivity contribution in [2.24, 2.45) is 5.10 Å². The topological polar surface area (TPSA) is 34.1 Å². The van der Waals surface area contributed by atoms with E-state index in [4.69, 9.17) is 14.6 Å². The molecule has 4 aromatic rings. The van der Waals surface area contributed by atoms with E-state index in [0.29, 0.717) is 19.8 Å². The Kier molecular flexibility index (Phi) is 6.36. The molecule has 4 heteroatoms. The lowest BCUT2D eigenvalue weighted by molar-refractivity contribution is 0.110. The summed E-state index contributed by atoms with van der Waals surface area (Å²) >= 11 is 0. The van der Waals surface area contributed by atoms with Crippen LogP contribution in [0.3, 0.4) is 0 Å². The number of hydrogen-bond acceptors (Lipinski definition) is 4. The molecule has 0 aromatic heterocycles. The van der Waals surface area contributed by atoms with Crippen molar-refractivity contribution in [3.8, 4) is 5.75 Å². The predicted molar refractivity (Wildman–Crippen MR) is 135 cm³/mol. The molecular weight excluding hydrogens is 408 g/mol. The van der Waals surface area contributed by atoms with Crippen molar-refractivity contribution in [1.29, 1.82) is 0 Å². The van der Waals surface area contributed by atoms with Crippen molar-refractivity contribution in [1.82, 2.24) is 0 Å². The third-order valence-corrected chi connectivity index (χ3v) is 6.00. The Labute approximate surface area is 195 Å². The van der Waals surface area contributed by atoms with Crippen molar-refractivity contribution in [3.63, 3.8) is 0 Å². The quantitative estimate of drug-likeness (QED) is 0.291. The summed E-state index contributed by atoms with van der Waals surface area (Å²) in [5, 5.41) is 9.76. The van der Waals surface area contributed by atoms with Crippen molar-refractivity contribution < 1.29 is 9.47 Å². The molecule has 5 rings (SSSR count). The van der Waals surface area contributed by atoms with Crippen LogP contribution in [0.25, 0.3) is 10.8 Å². The zero-order valence-corrected chi connectivity index (χ0v) is 18.9. The summed E-state index contributed by atoms with van der Waals surface area (Å²) in [7, 11) is 0. The normalized spacial score (nSPS) is 15.6.